The lowest BCUT2D eigenvalue weighted by molar-refractivity contribution is 0.262. The highest BCUT2D eigenvalue weighted by atomic mass is 32.1. The van der Waals surface area contributed by atoms with Gasteiger partial charge in [0.15, 0.2) is 0 Å². The van der Waals surface area contributed by atoms with Crippen molar-refractivity contribution in [1.82, 2.24) is 15.2 Å². The fourth-order valence-corrected chi connectivity index (χ4v) is 3.32. The molecule has 0 atom stereocenters. The van der Waals surface area contributed by atoms with E-state index in [9.17, 15) is 4.79 Å². The maximum atomic E-state index is 12.3. The van der Waals surface area contributed by atoms with Gasteiger partial charge in [0.25, 0.3) is 0 Å². The number of aromatic nitrogens is 3. The zero-order valence-electron chi connectivity index (χ0n) is 15.4. The smallest absolute Gasteiger partial charge is 0.325 e. The minimum atomic E-state index is -0.383. The summed E-state index contributed by atoms with van der Waals surface area (Å²) in [6.45, 7) is 4.31. The van der Waals surface area contributed by atoms with Crippen LogP contribution >= 0.6 is 11.3 Å². The van der Waals surface area contributed by atoms with E-state index in [0.29, 0.717) is 21.7 Å². The summed E-state index contributed by atoms with van der Waals surface area (Å²) in [4.78, 5) is 16.2. The van der Waals surface area contributed by atoms with E-state index in [-0.39, 0.29) is 6.03 Å². The molecule has 0 unspecified atom stereocenters. The van der Waals surface area contributed by atoms with Crippen LogP contribution in [0.2, 0.25) is 0 Å². The third-order valence-electron chi connectivity index (χ3n) is 3.75. The van der Waals surface area contributed by atoms with Gasteiger partial charge in [-0.25, -0.2) is 4.79 Å². The maximum Gasteiger partial charge on any atom is 0.325 e. The van der Waals surface area contributed by atoms with Gasteiger partial charge in [-0.2, -0.15) is 0 Å². The average Bonchev–Trinajstić information content (AvgIpc) is 3.11. The molecule has 0 aliphatic heterocycles. The number of nitrogens with one attached hydrogen (secondary N) is 2. The molecular weight excluding hydrogens is 362 g/mol. The van der Waals surface area contributed by atoms with E-state index in [0.717, 1.165) is 23.3 Å². The Morgan fingerprint density at radius 1 is 1.15 bits per heavy atom. The number of pyridine rings is 1. The lowest BCUT2D eigenvalue weighted by Crippen LogP contribution is -2.19. The number of amides is 2. The molecule has 3 rings (SSSR count). The number of rotatable bonds is 6. The molecule has 0 aliphatic rings. The van der Waals surface area contributed by atoms with Crippen LogP contribution in [0.1, 0.15) is 19.4 Å². The Hall–Kier alpha value is -3.00. The second-order valence-electron chi connectivity index (χ2n) is 6.35. The number of carbonyl (C=O) groups excluding carboxylic acids is 1. The Kier molecular flexibility index (Phi) is 5.97. The first-order valence-corrected chi connectivity index (χ1v) is 9.35. The fraction of sp³-hybridized carbons (Fsp3) is 0.263. The summed E-state index contributed by atoms with van der Waals surface area (Å²) < 4.78 is 5.44. The van der Waals surface area contributed by atoms with E-state index >= 15 is 0 Å². The Bertz CT molecular complexity index is 911. The topological polar surface area (TPSA) is 89.0 Å². The standard InChI is InChI=1S/C19H21N5O2S/c1-12(2)10-14-4-5-15(11-16(14)26-3)21-18(25)22-19-24-23-17(27-19)13-6-8-20-9-7-13/h4-9,11-12H,10H2,1-3H3,(H2,21,22,24,25). The first-order chi connectivity index (χ1) is 13.0. The molecule has 2 aromatic heterocycles. The van der Waals surface area contributed by atoms with Crippen molar-refractivity contribution < 1.29 is 9.53 Å². The highest BCUT2D eigenvalue weighted by molar-refractivity contribution is 7.18. The van der Waals surface area contributed by atoms with Gasteiger partial charge >= 0.3 is 6.03 Å². The summed E-state index contributed by atoms with van der Waals surface area (Å²) in [5.41, 5.74) is 2.67. The molecule has 8 heteroatoms. The van der Waals surface area contributed by atoms with Crippen molar-refractivity contribution in [2.45, 2.75) is 20.3 Å². The van der Waals surface area contributed by atoms with E-state index < -0.39 is 0 Å². The SMILES string of the molecule is COc1cc(NC(=O)Nc2nnc(-c3ccncc3)s2)ccc1CC(C)C. The van der Waals surface area contributed by atoms with Crippen molar-refractivity contribution in [1.29, 1.82) is 0 Å². The van der Waals surface area contributed by atoms with E-state index in [1.54, 1.807) is 19.5 Å². The van der Waals surface area contributed by atoms with Gasteiger partial charge in [-0.05, 0) is 36.1 Å². The number of carbonyl (C=O) groups is 1. The molecule has 0 radical (unpaired) electrons. The summed E-state index contributed by atoms with van der Waals surface area (Å²) >= 11 is 1.30. The second-order valence-corrected chi connectivity index (χ2v) is 7.33. The highest BCUT2D eigenvalue weighted by Gasteiger charge is 2.11. The molecule has 3 aromatic rings. The average molecular weight is 383 g/mol. The lowest BCUT2D eigenvalue weighted by atomic mass is 10.0. The molecule has 0 saturated heterocycles. The van der Waals surface area contributed by atoms with Crippen molar-refractivity contribution >= 4 is 28.2 Å². The Morgan fingerprint density at radius 3 is 2.63 bits per heavy atom. The van der Waals surface area contributed by atoms with Crippen LogP contribution in [0.25, 0.3) is 10.6 Å². The van der Waals surface area contributed by atoms with Crippen molar-refractivity contribution in [2.75, 3.05) is 17.7 Å². The van der Waals surface area contributed by atoms with E-state index in [2.05, 4.69) is 39.7 Å². The summed E-state index contributed by atoms with van der Waals surface area (Å²) in [5.74, 6) is 1.28. The minimum Gasteiger partial charge on any atom is -0.496 e. The van der Waals surface area contributed by atoms with Crippen LogP contribution in [0.4, 0.5) is 15.6 Å². The number of ether oxygens (including phenoxy) is 1. The molecule has 7 nitrogen and oxygen atoms in total. The van der Waals surface area contributed by atoms with Gasteiger partial charge in [0.1, 0.15) is 10.8 Å². The molecule has 27 heavy (non-hydrogen) atoms. The number of methoxy groups -OCH3 is 1. The molecule has 2 amide bonds. The predicted molar refractivity (Wildman–Crippen MR) is 107 cm³/mol. The molecule has 0 bridgehead atoms. The monoisotopic (exact) mass is 383 g/mol. The molecule has 0 aliphatic carbocycles. The molecule has 2 N–H and O–H groups in total. The van der Waals surface area contributed by atoms with Gasteiger partial charge in [0.2, 0.25) is 5.13 Å². The molecule has 0 saturated carbocycles. The number of anilines is 2. The number of benzene rings is 1. The van der Waals surface area contributed by atoms with Crippen LogP contribution in [-0.4, -0.2) is 28.3 Å². The van der Waals surface area contributed by atoms with Crippen LogP contribution in [0.5, 0.6) is 5.75 Å². The third kappa shape index (κ3) is 5.01. The zero-order chi connectivity index (χ0) is 19.2. The van der Waals surface area contributed by atoms with Crippen LogP contribution in [-0.2, 0) is 6.42 Å². The molecule has 0 fully saturated rings. The van der Waals surface area contributed by atoms with Gasteiger partial charge in [0, 0.05) is 29.7 Å². The van der Waals surface area contributed by atoms with Crippen molar-refractivity contribution in [3.63, 3.8) is 0 Å². The van der Waals surface area contributed by atoms with Crippen LogP contribution in [0, 0.1) is 5.92 Å². The first kappa shape index (κ1) is 18.8. The van der Waals surface area contributed by atoms with Crippen LogP contribution in [0.15, 0.2) is 42.7 Å². The molecule has 0 spiro atoms. The maximum absolute atomic E-state index is 12.3. The van der Waals surface area contributed by atoms with Gasteiger partial charge in [0.05, 0.1) is 7.11 Å². The second kappa shape index (κ2) is 8.59. The van der Waals surface area contributed by atoms with Crippen molar-refractivity contribution in [3.05, 3.63) is 48.3 Å². The van der Waals surface area contributed by atoms with Crippen LogP contribution in [0.3, 0.4) is 0 Å². The third-order valence-corrected chi connectivity index (χ3v) is 4.63. The molecule has 140 valence electrons. The van der Waals surface area contributed by atoms with E-state index in [4.69, 9.17) is 4.74 Å². The zero-order valence-corrected chi connectivity index (χ0v) is 16.2. The van der Waals surface area contributed by atoms with Crippen molar-refractivity contribution in [3.8, 4) is 16.3 Å². The van der Waals surface area contributed by atoms with Gasteiger partial charge in [-0.1, -0.05) is 31.3 Å². The Balaban J connectivity index is 1.65. The molecular formula is C19H21N5O2S. The minimum absolute atomic E-state index is 0.383. The lowest BCUT2D eigenvalue weighted by Gasteiger charge is -2.13. The van der Waals surface area contributed by atoms with E-state index in [1.807, 2.05) is 30.3 Å². The Labute approximate surface area is 161 Å². The predicted octanol–water partition coefficient (Wildman–Crippen LogP) is 4.45. The molecule has 1 aromatic carbocycles. The summed E-state index contributed by atoms with van der Waals surface area (Å²) in [5, 5.41) is 14.7. The van der Waals surface area contributed by atoms with Gasteiger partial charge < -0.3 is 10.1 Å². The number of hydrogen-bond donors (Lipinski definition) is 2. The number of hydrogen-bond acceptors (Lipinski definition) is 6. The number of urea groups is 1. The normalized spacial score (nSPS) is 10.7. The summed E-state index contributed by atoms with van der Waals surface area (Å²) in [6.07, 6.45) is 4.29. The van der Waals surface area contributed by atoms with Crippen LogP contribution < -0.4 is 15.4 Å². The Morgan fingerprint density at radius 2 is 1.93 bits per heavy atom. The fourth-order valence-electron chi connectivity index (χ4n) is 2.58. The quantitative estimate of drug-likeness (QED) is 0.656. The van der Waals surface area contributed by atoms with E-state index in [1.165, 1.54) is 11.3 Å². The first-order valence-electron chi connectivity index (χ1n) is 8.54. The van der Waals surface area contributed by atoms with Gasteiger partial charge in [-0.3, -0.25) is 10.3 Å². The summed E-state index contributed by atoms with van der Waals surface area (Å²) in [6, 6.07) is 8.96. The molecule has 2 heterocycles. The highest BCUT2D eigenvalue weighted by Crippen LogP contribution is 2.27. The largest absolute Gasteiger partial charge is 0.496 e. The van der Waals surface area contributed by atoms with Gasteiger partial charge in [-0.15, -0.1) is 10.2 Å². The summed E-state index contributed by atoms with van der Waals surface area (Å²) in [7, 11) is 1.63. The number of nitrogens with zero attached hydrogens (tertiary/aromatic N) is 3. The van der Waals surface area contributed by atoms with Crippen molar-refractivity contribution in [2.24, 2.45) is 5.92 Å².